The Morgan fingerprint density at radius 1 is 1.26 bits per heavy atom. The lowest BCUT2D eigenvalue weighted by atomic mass is 9.89. The van der Waals surface area contributed by atoms with Crippen LogP contribution in [0.1, 0.15) is 38.7 Å². The van der Waals surface area contributed by atoms with Gasteiger partial charge >= 0.3 is 0 Å². The summed E-state index contributed by atoms with van der Waals surface area (Å²) in [6.07, 6.45) is 4.33. The molecule has 4 heteroatoms. The number of carbonyl (C=O) groups is 1. The smallest absolute Gasteiger partial charge is 0.237 e. The van der Waals surface area contributed by atoms with Crippen LogP contribution in [0.5, 0.6) is 0 Å². The van der Waals surface area contributed by atoms with Gasteiger partial charge in [0.15, 0.2) is 0 Å². The number of nitrogens with zero attached hydrogens (tertiary/aromatic N) is 1. The Bertz CT molecular complexity index is 467. The van der Waals surface area contributed by atoms with Crippen molar-refractivity contribution < 1.29 is 4.79 Å². The van der Waals surface area contributed by atoms with E-state index in [1.54, 1.807) is 0 Å². The van der Waals surface area contributed by atoms with Crippen LogP contribution < -0.4 is 11.1 Å². The highest BCUT2D eigenvalue weighted by Crippen LogP contribution is 2.22. The van der Waals surface area contributed by atoms with Crippen LogP contribution in [0.2, 0.25) is 0 Å². The summed E-state index contributed by atoms with van der Waals surface area (Å²) in [5.41, 5.74) is 7.14. The molecule has 0 bridgehead atoms. The number of benzene rings is 1. The Labute approximate surface area is 140 Å². The molecule has 1 fully saturated rings. The van der Waals surface area contributed by atoms with E-state index < -0.39 is 0 Å². The highest BCUT2D eigenvalue weighted by Gasteiger charge is 2.26. The fourth-order valence-electron chi connectivity index (χ4n) is 3.23. The van der Waals surface area contributed by atoms with Crippen molar-refractivity contribution in [2.75, 3.05) is 19.6 Å². The van der Waals surface area contributed by atoms with Crippen molar-refractivity contribution in [3.8, 4) is 0 Å². The summed E-state index contributed by atoms with van der Waals surface area (Å²) in [4.78, 5) is 14.5. The second-order valence-corrected chi connectivity index (χ2v) is 6.90. The molecule has 1 heterocycles. The van der Waals surface area contributed by atoms with E-state index in [1.165, 1.54) is 18.4 Å². The molecule has 2 atom stereocenters. The third-order valence-electron chi connectivity index (χ3n) is 4.84. The lowest BCUT2D eigenvalue weighted by Crippen LogP contribution is -2.48. The van der Waals surface area contributed by atoms with Gasteiger partial charge in [-0.25, -0.2) is 0 Å². The third kappa shape index (κ3) is 5.96. The van der Waals surface area contributed by atoms with Gasteiger partial charge < -0.3 is 11.1 Å². The van der Waals surface area contributed by atoms with E-state index in [9.17, 15) is 4.79 Å². The van der Waals surface area contributed by atoms with Crippen molar-refractivity contribution in [2.24, 2.45) is 11.7 Å². The maximum Gasteiger partial charge on any atom is 0.237 e. The number of piperidine rings is 1. The maximum atomic E-state index is 12.2. The molecular weight excluding hydrogens is 286 g/mol. The first-order valence-electron chi connectivity index (χ1n) is 8.87. The van der Waals surface area contributed by atoms with Gasteiger partial charge in [0.25, 0.3) is 0 Å². The van der Waals surface area contributed by atoms with Gasteiger partial charge in [-0.15, -0.1) is 0 Å². The largest absolute Gasteiger partial charge is 0.355 e. The molecular formula is C19H31N3O. The monoisotopic (exact) mass is 317 g/mol. The molecule has 2 unspecified atom stereocenters. The van der Waals surface area contributed by atoms with Crippen LogP contribution in [-0.4, -0.2) is 42.5 Å². The van der Waals surface area contributed by atoms with E-state index >= 15 is 0 Å². The Morgan fingerprint density at radius 2 is 1.91 bits per heavy atom. The molecule has 2 rings (SSSR count). The molecule has 1 aliphatic rings. The molecule has 1 saturated heterocycles. The van der Waals surface area contributed by atoms with Crippen molar-refractivity contribution in [2.45, 2.75) is 51.6 Å². The summed E-state index contributed by atoms with van der Waals surface area (Å²) in [6, 6.07) is 10.8. The number of hydrogen-bond acceptors (Lipinski definition) is 3. The number of rotatable bonds is 7. The number of likely N-dealkylation sites (tertiary alicyclic amines) is 1. The topological polar surface area (TPSA) is 58.4 Å². The normalized spacial score (nSPS) is 19.3. The standard InChI is InChI=1S/C19H31N3O/c1-15(20)8-11-21-19(23)16(2)22-12-9-18(10-13-22)14-17-6-4-3-5-7-17/h3-7,15-16,18H,8-14,20H2,1-2H3,(H,21,23). The summed E-state index contributed by atoms with van der Waals surface area (Å²) in [7, 11) is 0. The quantitative estimate of drug-likeness (QED) is 0.810. The van der Waals surface area contributed by atoms with Gasteiger partial charge in [-0.3, -0.25) is 9.69 Å². The molecule has 0 radical (unpaired) electrons. The predicted molar refractivity (Wildman–Crippen MR) is 95.2 cm³/mol. The molecule has 0 saturated carbocycles. The fourth-order valence-corrected chi connectivity index (χ4v) is 3.23. The minimum absolute atomic E-state index is 0.0410. The molecule has 1 amide bonds. The molecule has 1 aromatic carbocycles. The Hall–Kier alpha value is -1.39. The molecule has 0 aromatic heterocycles. The van der Waals surface area contributed by atoms with E-state index in [1.807, 2.05) is 13.8 Å². The minimum Gasteiger partial charge on any atom is -0.355 e. The Balaban J connectivity index is 1.71. The van der Waals surface area contributed by atoms with Crippen molar-refractivity contribution in [1.82, 2.24) is 10.2 Å². The highest BCUT2D eigenvalue weighted by atomic mass is 16.2. The fraction of sp³-hybridized carbons (Fsp3) is 0.632. The summed E-state index contributed by atoms with van der Waals surface area (Å²) < 4.78 is 0. The van der Waals surface area contributed by atoms with Crippen LogP contribution in [0, 0.1) is 5.92 Å². The molecule has 1 aromatic rings. The third-order valence-corrected chi connectivity index (χ3v) is 4.84. The van der Waals surface area contributed by atoms with Crippen molar-refractivity contribution in [3.63, 3.8) is 0 Å². The van der Waals surface area contributed by atoms with Crippen molar-refractivity contribution >= 4 is 5.91 Å². The lowest BCUT2D eigenvalue weighted by molar-refractivity contribution is -0.126. The van der Waals surface area contributed by atoms with Crippen LogP contribution in [0.4, 0.5) is 0 Å². The predicted octanol–water partition coefficient (Wildman–Crippen LogP) is 2.18. The molecule has 4 nitrogen and oxygen atoms in total. The highest BCUT2D eigenvalue weighted by molar-refractivity contribution is 5.81. The number of carbonyl (C=O) groups excluding carboxylic acids is 1. The van der Waals surface area contributed by atoms with Gasteiger partial charge in [-0.05, 0) is 64.1 Å². The van der Waals surface area contributed by atoms with Gasteiger partial charge in [0.1, 0.15) is 0 Å². The average Bonchev–Trinajstić information content (AvgIpc) is 2.55. The number of nitrogens with one attached hydrogen (secondary N) is 1. The zero-order valence-electron chi connectivity index (χ0n) is 14.5. The summed E-state index contributed by atoms with van der Waals surface area (Å²) in [5, 5.41) is 3.00. The van der Waals surface area contributed by atoms with Crippen LogP contribution in [0.15, 0.2) is 30.3 Å². The van der Waals surface area contributed by atoms with E-state index in [0.29, 0.717) is 6.54 Å². The van der Waals surface area contributed by atoms with Crippen molar-refractivity contribution in [3.05, 3.63) is 35.9 Å². The molecule has 3 N–H and O–H groups in total. The molecule has 128 valence electrons. The Morgan fingerprint density at radius 3 is 2.52 bits per heavy atom. The van der Waals surface area contributed by atoms with Gasteiger partial charge in [0, 0.05) is 12.6 Å². The SMILES string of the molecule is CC(N)CCNC(=O)C(C)N1CCC(Cc2ccccc2)CC1. The summed E-state index contributed by atoms with van der Waals surface area (Å²) >= 11 is 0. The molecule has 0 spiro atoms. The van der Waals surface area contributed by atoms with E-state index in [2.05, 4.69) is 40.5 Å². The first-order chi connectivity index (χ1) is 11.1. The number of hydrogen-bond donors (Lipinski definition) is 2. The second kappa shape index (κ2) is 9.04. The molecule has 23 heavy (non-hydrogen) atoms. The summed E-state index contributed by atoms with van der Waals surface area (Å²) in [6.45, 7) is 6.68. The van der Waals surface area contributed by atoms with Gasteiger partial charge in [0.2, 0.25) is 5.91 Å². The lowest BCUT2D eigenvalue weighted by Gasteiger charge is -2.35. The summed E-state index contributed by atoms with van der Waals surface area (Å²) in [5.74, 6) is 0.870. The van der Waals surface area contributed by atoms with E-state index in [4.69, 9.17) is 5.73 Å². The van der Waals surface area contributed by atoms with Crippen LogP contribution in [0.25, 0.3) is 0 Å². The van der Waals surface area contributed by atoms with E-state index in [0.717, 1.165) is 31.8 Å². The van der Waals surface area contributed by atoms with Gasteiger partial charge in [-0.2, -0.15) is 0 Å². The first kappa shape index (κ1) is 18.0. The second-order valence-electron chi connectivity index (χ2n) is 6.90. The zero-order valence-corrected chi connectivity index (χ0v) is 14.5. The van der Waals surface area contributed by atoms with Gasteiger partial charge in [0.05, 0.1) is 6.04 Å². The zero-order chi connectivity index (χ0) is 16.7. The molecule has 0 aliphatic carbocycles. The van der Waals surface area contributed by atoms with E-state index in [-0.39, 0.29) is 18.0 Å². The number of nitrogens with two attached hydrogens (primary N) is 1. The Kier molecular flexibility index (Phi) is 7.06. The number of amides is 1. The van der Waals surface area contributed by atoms with Crippen LogP contribution in [0.3, 0.4) is 0 Å². The average molecular weight is 317 g/mol. The van der Waals surface area contributed by atoms with Gasteiger partial charge in [-0.1, -0.05) is 30.3 Å². The maximum absolute atomic E-state index is 12.2. The minimum atomic E-state index is -0.0410. The van der Waals surface area contributed by atoms with Crippen LogP contribution in [-0.2, 0) is 11.2 Å². The van der Waals surface area contributed by atoms with Crippen LogP contribution >= 0.6 is 0 Å². The molecule has 1 aliphatic heterocycles. The van der Waals surface area contributed by atoms with Crippen molar-refractivity contribution in [1.29, 1.82) is 0 Å². The first-order valence-corrected chi connectivity index (χ1v) is 8.87.